The molecule has 0 spiro atoms. The van der Waals surface area contributed by atoms with Gasteiger partial charge in [-0.05, 0) is 23.1 Å². The zero-order valence-corrected chi connectivity index (χ0v) is 10.5. The molecule has 2 aromatic rings. The molecule has 0 bridgehead atoms. The summed E-state index contributed by atoms with van der Waals surface area (Å²) in [6.07, 6.45) is -0.862. The average Bonchev–Trinajstić information content (AvgIpc) is 2.46. The molecule has 0 saturated heterocycles. The molecular weight excluding hydrogens is 224 g/mol. The van der Waals surface area contributed by atoms with Gasteiger partial charge in [0.25, 0.3) is 0 Å². The van der Waals surface area contributed by atoms with Gasteiger partial charge in [0.2, 0.25) is 0 Å². The highest BCUT2D eigenvalue weighted by atomic mass is 16.3. The van der Waals surface area contributed by atoms with Gasteiger partial charge in [0.05, 0.1) is 0 Å². The predicted molar refractivity (Wildman–Crippen MR) is 72.2 cm³/mol. The number of hydrogen-bond acceptors (Lipinski definition) is 2. The number of hydrogen-bond donors (Lipinski definition) is 2. The van der Waals surface area contributed by atoms with Gasteiger partial charge < -0.3 is 10.2 Å². The molecule has 0 saturated carbocycles. The average molecular weight is 242 g/mol. The van der Waals surface area contributed by atoms with Crippen molar-refractivity contribution in [1.29, 1.82) is 0 Å². The quantitative estimate of drug-likeness (QED) is 0.865. The Balaban J connectivity index is 2.22. The molecular formula is C16H18O2. The number of rotatable bonds is 4. The fourth-order valence-electron chi connectivity index (χ4n) is 2.01. The van der Waals surface area contributed by atoms with Crippen molar-refractivity contribution >= 4 is 0 Å². The van der Waals surface area contributed by atoms with E-state index < -0.39 is 12.2 Å². The van der Waals surface area contributed by atoms with E-state index >= 15 is 0 Å². The zero-order chi connectivity index (χ0) is 13.0. The first-order valence-corrected chi connectivity index (χ1v) is 6.22. The van der Waals surface area contributed by atoms with E-state index in [9.17, 15) is 10.2 Å². The van der Waals surface area contributed by atoms with E-state index in [0.29, 0.717) is 0 Å². The molecule has 0 heterocycles. The fraction of sp³-hybridized carbons (Fsp3) is 0.250. The van der Waals surface area contributed by atoms with E-state index in [4.69, 9.17) is 0 Å². The molecule has 2 nitrogen and oxygen atoms in total. The zero-order valence-electron chi connectivity index (χ0n) is 10.5. The van der Waals surface area contributed by atoms with Gasteiger partial charge in [-0.15, -0.1) is 0 Å². The highest BCUT2D eigenvalue weighted by Gasteiger charge is 2.19. The van der Waals surface area contributed by atoms with Gasteiger partial charge in [-0.2, -0.15) is 0 Å². The van der Waals surface area contributed by atoms with Gasteiger partial charge in [-0.3, -0.25) is 0 Å². The Labute approximate surface area is 108 Å². The minimum absolute atomic E-state index is 0.729. The molecule has 2 N–H and O–H groups in total. The summed E-state index contributed by atoms with van der Waals surface area (Å²) in [4.78, 5) is 0. The van der Waals surface area contributed by atoms with E-state index in [2.05, 4.69) is 6.92 Å². The Morgan fingerprint density at radius 3 is 2.11 bits per heavy atom. The van der Waals surface area contributed by atoms with E-state index in [1.807, 2.05) is 54.6 Å². The summed E-state index contributed by atoms with van der Waals surface area (Å²) in [5.41, 5.74) is 2.64. The summed E-state index contributed by atoms with van der Waals surface area (Å²) in [5, 5.41) is 20.4. The maximum atomic E-state index is 10.2. The van der Waals surface area contributed by atoms with Crippen molar-refractivity contribution in [3.8, 4) is 0 Å². The maximum absolute atomic E-state index is 10.2. The van der Waals surface area contributed by atoms with Crippen LogP contribution in [-0.2, 0) is 6.42 Å². The van der Waals surface area contributed by atoms with Crippen LogP contribution in [0.5, 0.6) is 0 Å². The molecule has 2 heteroatoms. The van der Waals surface area contributed by atoms with Crippen LogP contribution in [-0.4, -0.2) is 10.2 Å². The second kappa shape index (κ2) is 5.80. The van der Waals surface area contributed by atoms with E-state index in [0.717, 1.165) is 23.1 Å². The van der Waals surface area contributed by atoms with Crippen LogP contribution in [0.4, 0.5) is 0 Å². The third-order valence-electron chi connectivity index (χ3n) is 3.14. The first kappa shape index (κ1) is 12.8. The van der Waals surface area contributed by atoms with Crippen molar-refractivity contribution in [2.24, 2.45) is 0 Å². The van der Waals surface area contributed by atoms with E-state index in [1.54, 1.807) is 0 Å². The second-order valence-corrected chi connectivity index (χ2v) is 4.40. The molecule has 0 aliphatic rings. The summed E-state index contributed by atoms with van der Waals surface area (Å²) in [5.74, 6) is 0. The first-order valence-electron chi connectivity index (χ1n) is 6.22. The van der Waals surface area contributed by atoms with Crippen LogP contribution in [0, 0.1) is 0 Å². The summed E-state index contributed by atoms with van der Waals surface area (Å²) < 4.78 is 0. The molecule has 2 atom stereocenters. The molecule has 2 aromatic carbocycles. The van der Waals surface area contributed by atoms with E-state index in [-0.39, 0.29) is 0 Å². The Kier molecular flexibility index (Phi) is 4.13. The molecule has 0 aliphatic carbocycles. The van der Waals surface area contributed by atoms with Crippen LogP contribution in [0.3, 0.4) is 0 Å². The number of aryl methyl sites for hydroxylation is 1. The van der Waals surface area contributed by atoms with Gasteiger partial charge in [0.1, 0.15) is 12.2 Å². The van der Waals surface area contributed by atoms with Crippen molar-refractivity contribution in [3.63, 3.8) is 0 Å². The molecule has 0 fully saturated rings. The normalized spacial score (nSPS) is 14.2. The molecule has 18 heavy (non-hydrogen) atoms. The maximum Gasteiger partial charge on any atom is 0.109 e. The highest BCUT2D eigenvalue weighted by Crippen LogP contribution is 2.28. The predicted octanol–water partition coefficient (Wildman–Crippen LogP) is 3.02. The summed E-state index contributed by atoms with van der Waals surface area (Å²) in [6, 6.07) is 16.9. The second-order valence-electron chi connectivity index (χ2n) is 4.40. The van der Waals surface area contributed by atoms with Gasteiger partial charge in [-0.1, -0.05) is 61.5 Å². The van der Waals surface area contributed by atoms with Crippen molar-refractivity contribution in [1.82, 2.24) is 0 Å². The van der Waals surface area contributed by atoms with Crippen LogP contribution in [0.1, 0.15) is 35.8 Å². The lowest BCUT2D eigenvalue weighted by Gasteiger charge is -2.19. The molecule has 2 unspecified atom stereocenters. The SMILES string of the molecule is CCc1cccc(C(O)C(O)c2ccccc2)c1. The van der Waals surface area contributed by atoms with Gasteiger partial charge in [0.15, 0.2) is 0 Å². The topological polar surface area (TPSA) is 40.5 Å². The largest absolute Gasteiger partial charge is 0.385 e. The number of benzene rings is 2. The molecule has 0 aliphatic heterocycles. The van der Waals surface area contributed by atoms with Crippen LogP contribution in [0.15, 0.2) is 54.6 Å². The van der Waals surface area contributed by atoms with Crippen LogP contribution < -0.4 is 0 Å². The molecule has 94 valence electrons. The van der Waals surface area contributed by atoms with Gasteiger partial charge >= 0.3 is 0 Å². The number of aliphatic hydroxyl groups is 2. The first-order chi connectivity index (χ1) is 8.72. The third kappa shape index (κ3) is 2.78. The van der Waals surface area contributed by atoms with Gasteiger partial charge in [-0.25, -0.2) is 0 Å². The van der Waals surface area contributed by atoms with Gasteiger partial charge in [0, 0.05) is 0 Å². The van der Waals surface area contributed by atoms with Crippen LogP contribution >= 0.6 is 0 Å². The van der Waals surface area contributed by atoms with Crippen molar-refractivity contribution in [2.45, 2.75) is 25.6 Å². The standard InChI is InChI=1S/C16H18O2/c1-2-12-7-6-10-14(11-12)16(18)15(17)13-8-4-3-5-9-13/h3-11,15-18H,2H2,1H3. The Hall–Kier alpha value is -1.64. The third-order valence-corrected chi connectivity index (χ3v) is 3.14. The monoisotopic (exact) mass is 242 g/mol. The van der Waals surface area contributed by atoms with Crippen molar-refractivity contribution < 1.29 is 10.2 Å². The minimum Gasteiger partial charge on any atom is -0.385 e. The number of aliphatic hydroxyl groups excluding tert-OH is 2. The molecule has 2 rings (SSSR count). The van der Waals surface area contributed by atoms with E-state index in [1.165, 1.54) is 0 Å². The molecule has 0 aromatic heterocycles. The lowest BCUT2D eigenvalue weighted by Crippen LogP contribution is -2.10. The Bertz CT molecular complexity index is 493. The molecule has 0 radical (unpaired) electrons. The fourth-order valence-corrected chi connectivity index (χ4v) is 2.01. The smallest absolute Gasteiger partial charge is 0.109 e. The van der Waals surface area contributed by atoms with Crippen LogP contribution in [0.2, 0.25) is 0 Å². The summed E-state index contributed by atoms with van der Waals surface area (Å²) in [7, 11) is 0. The minimum atomic E-state index is -0.890. The lowest BCUT2D eigenvalue weighted by atomic mass is 9.97. The van der Waals surface area contributed by atoms with Crippen LogP contribution in [0.25, 0.3) is 0 Å². The Morgan fingerprint density at radius 1 is 0.833 bits per heavy atom. The summed E-state index contributed by atoms with van der Waals surface area (Å²) >= 11 is 0. The lowest BCUT2D eigenvalue weighted by molar-refractivity contribution is 0.0172. The molecule has 0 amide bonds. The highest BCUT2D eigenvalue weighted by molar-refractivity contribution is 5.28. The van der Waals surface area contributed by atoms with Crippen molar-refractivity contribution in [2.75, 3.05) is 0 Å². The summed E-state index contributed by atoms with van der Waals surface area (Å²) in [6.45, 7) is 2.07. The van der Waals surface area contributed by atoms with Crippen molar-refractivity contribution in [3.05, 3.63) is 71.3 Å². The Morgan fingerprint density at radius 2 is 1.44 bits per heavy atom.